The van der Waals surface area contributed by atoms with Gasteiger partial charge in [0.05, 0.1) is 0 Å². The van der Waals surface area contributed by atoms with Crippen molar-refractivity contribution in [1.29, 1.82) is 0 Å². The van der Waals surface area contributed by atoms with Crippen molar-refractivity contribution in [2.24, 2.45) is 0 Å². The number of ether oxygens (including phenoxy) is 1. The van der Waals surface area contributed by atoms with Crippen molar-refractivity contribution in [3.05, 3.63) is 35.9 Å². The van der Waals surface area contributed by atoms with Gasteiger partial charge in [0, 0.05) is 12.8 Å². The molecule has 1 aromatic carbocycles. The van der Waals surface area contributed by atoms with E-state index >= 15 is 0 Å². The van der Waals surface area contributed by atoms with Gasteiger partial charge in [-0.1, -0.05) is 36.8 Å². The molecule has 0 aromatic heterocycles. The smallest absolute Gasteiger partial charge is 0.302 e. The Balaban J connectivity index is 2.13. The lowest BCUT2D eigenvalue weighted by molar-refractivity contribution is -0.148. The molecule has 2 rings (SSSR count). The van der Waals surface area contributed by atoms with E-state index in [0.29, 0.717) is 5.92 Å². The Morgan fingerprint density at radius 3 is 2.56 bits per heavy atom. The highest BCUT2D eigenvalue weighted by atomic mass is 16.5. The minimum atomic E-state index is -0.159. The molecule has 1 fully saturated rings. The summed E-state index contributed by atoms with van der Waals surface area (Å²) in [6.07, 6.45) is 4.60. The lowest BCUT2D eigenvalue weighted by Gasteiger charge is -2.31. The molecule has 1 aliphatic rings. The van der Waals surface area contributed by atoms with Gasteiger partial charge in [0.2, 0.25) is 0 Å². The highest BCUT2D eigenvalue weighted by molar-refractivity contribution is 5.66. The van der Waals surface area contributed by atoms with Gasteiger partial charge in [0.1, 0.15) is 6.10 Å². The third-order valence-electron chi connectivity index (χ3n) is 3.25. The van der Waals surface area contributed by atoms with Crippen LogP contribution < -0.4 is 0 Å². The van der Waals surface area contributed by atoms with Gasteiger partial charge < -0.3 is 4.74 Å². The molecule has 0 spiro atoms. The third kappa shape index (κ3) is 2.63. The van der Waals surface area contributed by atoms with Gasteiger partial charge in [0.25, 0.3) is 0 Å². The average Bonchev–Trinajstić information content (AvgIpc) is 2.30. The summed E-state index contributed by atoms with van der Waals surface area (Å²) in [6, 6.07) is 10.4. The number of rotatable bonds is 2. The zero-order valence-corrected chi connectivity index (χ0v) is 9.69. The van der Waals surface area contributed by atoms with Gasteiger partial charge in [-0.05, 0) is 24.8 Å². The summed E-state index contributed by atoms with van der Waals surface area (Å²) >= 11 is 0. The van der Waals surface area contributed by atoms with Crippen LogP contribution in [-0.2, 0) is 9.53 Å². The standard InChI is InChI=1S/C14H18O2/c1-11(15)16-14-10-6-5-9-13(14)12-7-3-2-4-8-12/h2-4,7-8,13-14H,5-6,9-10H2,1H3/t13-,14+/m1/s1. The monoisotopic (exact) mass is 218 g/mol. The van der Waals surface area contributed by atoms with Gasteiger partial charge in [-0.3, -0.25) is 4.79 Å². The van der Waals surface area contributed by atoms with E-state index in [1.54, 1.807) is 0 Å². The molecule has 2 atom stereocenters. The minimum Gasteiger partial charge on any atom is -0.462 e. The summed E-state index contributed by atoms with van der Waals surface area (Å²) in [5, 5.41) is 0. The van der Waals surface area contributed by atoms with Crippen molar-refractivity contribution in [3.63, 3.8) is 0 Å². The predicted molar refractivity (Wildman–Crippen MR) is 63.2 cm³/mol. The number of carbonyl (C=O) groups excluding carboxylic acids is 1. The summed E-state index contributed by atoms with van der Waals surface area (Å²) in [4.78, 5) is 11.1. The molecule has 2 nitrogen and oxygen atoms in total. The normalized spacial score (nSPS) is 25.1. The van der Waals surface area contributed by atoms with Crippen LogP contribution in [0.1, 0.15) is 44.1 Å². The molecule has 0 aliphatic heterocycles. The lowest BCUT2D eigenvalue weighted by Crippen LogP contribution is -2.27. The summed E-state index contributed by atoms with van der Waals surface area (Å²) in [5.74, 6) is 0.228. The van der Waals surface area contributed by atoms with Crippen molar-refractivity contribution >= 4 is 5.97 Å². The van der Waals surface area contributed by atoms with Crippen molar-refractivity contribution < 1.29 is 9.53 Å². The Kier molecular flexibility index (Phi) is 3.60. The van der Waals surface area contributed by atoms with Crippen LogP contribution in [0.4, 0.5) is 0 Å². The molecule has 0 saturated heterocycles. The Morgan fingerprint density at radius 1 is 1.19 bits per heavy atom. The van der Waals surface area contributed by atoms with Crippen molar-refractivity contribution in [1.82, 2.24) is 0 Å². The van der Waals surface area contributed by atoms with E-state index in [1.807, 2.05) is 6.07 Å². The molecule has 1 aliphatic carbocycles. The molecule has 86 valence electrons. The molecular formula is C14H18O2. The first-order valence-electron chi connectivity index (χ1n) is 5.99. The first-order valence-corrected chi connectivity index (χ1v) is 5.99. The fourth-order valence-corrected chi connectivity index (χ4v) is 2.53. The second-order valence-corrected chi connectivity index (χ2v) is 4.45. The van der Waals surface area contributed by atoms with E-state index in [0.717, 1.165) is 12.8 Å². The highest BCUT2D eigenvalue weighted by Crippen LogP contribution is 2.34. The maximum Gasteiger partial charge on any atom is 0.302 e. The van der Waals surface area contributed by atoms with Crippen molar-refractivity contribution in [2.75, 3.05) is 0 Å². The molecule has 2 heteroatoms. The van der Waals surface area contributed by atoms with Crippen LogP contribution >= 0.6 is 0 Å². The molecule has 1 aromatic rings. The Morgan fingerprint density at radius 2 is 1.88 bits per heavy atom. The van der Waals surface area contributed by atoms with E-state index < -0.39 is 0 Å². The van der Waals surface area contributed by atoms with Crippen LogP contribution in [0.3, 0.4) is 0 Å². The van der Waals surface area contributed by atoms with Gasteiger partial charge in [-0.25, -0.2) is 0 Å². The van der Waals surface area contributed by atoms with E-state index in [9.17, 15) is 4.79 Å². The minimum absolute atomic E-state index is 0.0775. The summed E-state index contributed by atoms with van der Waals surface area (Å²) in [5.41, 5.74) is 1.30. The summed E-state index contributed by atoms with van der Waals surface area (Å²) in [7, 11) is 0. The largest absolute Gasteiger partial charge is 0.462 e. The fourth-order valence-electron chi connectivity index (χ4n) is 2.53. The Bertz CT molecular complexity index is 345. The van der Waals surface area contributed by atoms with Crippen LogP contribution in [0.5, 0.6) is 0 Å². The molecule has 0 bridgehead atoms. The first-order chi connectivity index (χ1) is 7.77. The average molecular weight is 218 g/mol. The summed E-state index contributed by atoms with van der Waals surface area (Å²) in [6.45, 7) is 1.50. The highest BCUT2D eigenvalue weighted by Gasteiger charge is 2.28. The second kappa shape index (κ2) is 5.15. The molecule has 16 heavy (non-hydrogen) atoms. The number of hydrogen-bond donors (Lipinski definition) is 0. The van der Waals surface area contributed by atoms with Gasteiger partial charge in [-0.15, -0.1) is 0 Å². The van der Waals surface area contributed by atoms with Crippen LogP contribution in [0, 0.1) is 0 Å². The van der Waals surface area contributed by atoms with Gasteiger partial charge in [-0.2, -0.15) is 0 Å². The third-order valence-corrected chi connectivity index (χ3v) is 3.25. The first kappa shape index (κ1) is 11.2. The molecule has 1 saturated carbocycles. The maximum absolute atomic E-state index is 11.1. The van der Waals surface area contributed by atoms with E-state index in [4.69, 9.17) is 4.74 Å². The maximum atomic E-state index is 11.1. The van der Waals surface area contributed by atoms with Crippen molar-refractivity contribution in [2.45, 2.75) is 44.6 Å². The zero-order chi connectivity index (χ0) is 11.4. The van der Waals surface area contributed by atoms with E-state index in [2.05, 4.69) is 24.3 Å². The van der Waals surface area contributed by atoms with Crippen LogP contribution in [0.15, 0.2) is 30.3 Å². The van der Waals surface area contributed by atoms with Crippen LogP contribution in [0.25, 0.3) is 0 Å². The molecule has 0 amide bonds. The summed E-state index contributed by atoms with van der Waals surface area (Å²) < 4.78 is 5.42. The number of esters is 1. The SMILES string of the molecule is CC(=O)O[C@H]1CCCC[C@@H]1c1ccccc1. The topological polar surface area (TPSA) is 26.3 Å². The molecule has 0 radical (unpaired) electrons. The van der Waals surface area contributed by atoms with Crippen LogP contribution in [-0.4, -0.2) is 12.1 Å². The lowest BCUT2D eigenvalue weighted by atomic mass is 9.81. The van der Waals surface area contributed by atoms with E-state index in [-0.39, 0.29) is 12.1 Å². The zero-order valence-electron chi connectivity index (χ0n) is 9.69. The Labute approximate surface area is 96.6 Å². The van der Waals surface area contributed by atoms with Gasteiger partial charge in [0.15, 0.2) is 0 Å². The van der Waals surface area contributed by atoms with Crippen LogP contribution in [0.2, 0.25) is 0 Å². The number of benzene rings is 1. The molecule has 0 unspecified atom stereocenters. The predicted octanol–water partition coefficient (Wildman–Crippen LogP) is 3.28. The Hall–Kier alpha value is -1.31. The molecule has 0 N–H and O–H groups in total. The van der Waals surface area contributed by atoms with E-state index in [1.165, 1.54) is 25.3 Å². The molecular weight excluding hydrogens is 200 g/mol. The van der Waals surface area contributed by atoms with Gasteiger partial charge >= 0.3 is 5.97 Å². The van der Waals surface area contributed by atoms with Crippen molar-refractivity contribution in [3.8, 4) is 0 Å². The second-order valence-electron chi connectivity index (χ2n) is 4.45. The number of hydrogen-bond acceptors (Lipinski definition) is 2. The quantitative estimate of drug-likeness (QED) is 0.712. The fraction of sp³-hybridized carbons (Fsp3) is 0.500. The molecule has 0 heterocycles. The number of carbonyl (C=O) groups is 1.